The Morgan fingerprint density at radius 2 is 0.557 bits per heavy atom. The molecule has 0 N–H and O–H groups in total. The van der Waals surface area contributed by atoms with Crippen molar-refractivity contribution in [2.24, 2.45) is 0 Å². The van der Waals surface area contributed by atoms with Crippen molar-refractivity contribution in [3.8, 4) is 0 Å². The minimum atomic E-state index is -0.806. The maximum Gasteiger partial charge on any atom is 0.306 e. The molecule has 398 valence electrons. The molecule has 0 aliphatic rings. The molecule has 0 aliphatic heterocycles. The first-order valence-corrected chi connectivity index (χ1v) is 29.0. The number of ether oxygens (including phenoxy) is 3. The van der Waals surface area contributed by atoms with Crippen molar-refractivity contribution < 1.29 is 28.6 Å². The van der Waals surface area contributed by atoms with Crippen molar-refractivity contribution in [1.29, 1.82) is 0 Å². The number of carbonyl (C=O) groups excluding carboxylic acids is 3. The van der Waals surface area contributed by atoms with Crippen LogP contribution >= 0.6 is 0 Å². The van der Waals surface area contributed by atoms with Crippen LogP contribution < -0.4 is 0 Å². The Morgan fingerprint density at radius 1 is 0.286 bits per heavy atom. The van der Waals surface area contributed by atoms with Gasteiger partial charge in [-0.05, 0) is 89.9 Å². The van der Waals surface area contributed by atoms with E-state index in [1.54, 1.807) is 0 Å². The van der Waals surface area contributed by atoms with Crippen molar-refractivity contribution in [2.45, 2.75) is 264 Å². The highest BCUT2D eigenvalue weighted by Crippen LogP contribution is 2.14. The lowest BCUT2D eigenvalue weighted by Crippen LogP contribution is -2.30. The molecule has 70 heavy (non-hydrogen) atoms. The van der Waals surface area contributed by atoms with Gasteiger partial charge >= 0.3 is 17.9 Å². The van der Waals surface area contributed by atoms with Gasteiger partial charge in [-0.3, -0.25) is 14.4 Å². The number of hydrogen-bond acceptors (Lipinski definition) is 6. The van der Waals surface area contributed by atoms with Gasteiger partial charge < -0.3 is 14.2 Å². The van der Waals surface area contributed by atoms with E-state index in [9.17, 15) is 14.4 Å². The molecular weight excluding hydrogens is 865 g/mol. The minimum absolute atomic E-state index is 0.101. The predicted octanol–water partition coefficient (Wildman–Crippen LogP) is 19.5. The van der Waals surface area contributed by atoms with E-state index in [1.165, 1.54) is 96.3 Å². The van der Waals surface area contributed by atoms with Gasteiger partial charge in [0, 0.05) is 19.3 Å². The van der Waals surface area contributed by atoms with Crippen LogP contribution in [-0.2, 0) is 28.6 Å². The van der Waals surface area contributed by atoms with Crippen molar-refractivity contribution in [1.82, 2.24) is 0 Å². The third kappa shape index (κ3) is 55.0. The van der Waals surface area contributed by atoms with E-state index in [2.05, 4.69) is 106 Å². The Hall–Kier alpha value is -3.93. The van der Waals surface area contributed by atoms with Gasteiger partial charge in [0.1, 0.15) is 13.2 Å². The smallest absolute Gasteiger partial charge is 0.306 e. The fourth-order valence-electron chi connectivity index (χ4n) is 7.76. The van der Waals surface area contributed by atoms with Gasteiger partial charge in [0.05, 0.1) is 0 Å². The Morgan fingerprint density at radius 3 is 0.900 bits per heavy atom. The first-order valence-electron chi connectivity index (χ1n) is 29.0. The normalized spacial score (nSPS) is 12.9. The number of unbranched alkanes of at least 4 members (excludes halogenated alkanes) is 28. The molecule has 0 aromatic rings. The molecule has 0 aromatic carbocycles. The molecule has 0 amide bonds. The summed E-state index contributed by atoms with van der Waals surface area (Å²) in [5.74, 6) is -0.952. The molecule has 0 heterocycles. The second-order valence-electron chi connectivity index (χ2n) is 19.0. The second-order valence-corrected chi connectivity index (χ2v) is 19.0. The van der Waals surface area contributed by atoms with E-state index in [0.29, 0.717) is 19.3 Å². The summed E-state index contributed by atoms with van der Waals surface area (Å²) in [6, 6.07) is 0. The van der Waals surface area contributed by atoms with E-state index >= 15 is 0 Å². The van der Waals surface area contributed by atoms with Crippen molar-refractivity contribution in [3.05, 3.63) is 109 Å². The summed E-state index contributed by atoms with van der Waals surface area (Å²) in [5.41, 5.74) is 0. The van der Waals surface area contributed by atoms with Crippen LogP contribution in [-0.4, -0.2) is 37.2 Å². The molecule has 0 saturated heterocycles. The van der Waals surface area contributed by atoms with Gasteiger partial charge in [-0.1, -0.05) is 259 Å². The standard InChI is InChI=1S/C64H106O6/c1-4-7-10-13-16-19-22-25-28-31-33-36-39-42-45-48-51-54-57-63(66)69-60-61(59-68-62(65)56-53-50-47-44-41-38-35-30-27-24-21-18-15-12-9-6-3)70-64(67)58-55-52-49-46-43-40-37-34-32-29-26-23-20-17-14-11-8-5-2/h10,13,16,19,22-23,25-26,28-37,61H,4-9,11-12,14-15,17-18,20-21,24,27,38-60H2,1-3H3/b13-10-,19-16-,25-22-,26-23-,31-28-,32-29-,35-30-,36-33-,37-34-. The van der Waals surface area contributed by atoms with Crippen molar-refractivity contribution >= 4 is 17.9 Å². The molecule has 6 heteroatoms. The predicted molar refractivity (Wildman–Crippen MR) is 302 cm³/mol. The lowest BCUT2D eigenvalue weighted by atomic mass is 10.1. The Labute approximate surface area is 431 Å². The first-order chi connectivity index (χ1) is 34.5. The Balaban J connectivity index is 4.52. The molecule has 0 bridgehead atoms. The van der Waals surface area contributed by atoms with E-state index < -0.39 is 6.10 Å². The fraction of sp³-hybridized carbons (Fsp3) is 0.672. The summed E-state index contributed by atoms with van der Waals surface area (Å²) in [6.45, 7) is 6.49. The van der Waals surface area contributed by atoms with Gasteiger partial charge in [-0.15, -0.1) is 0 Å². The summed E-state index contributed by atoms with van der Waals surface area (Å²) in [7, 11) is 0. The van der Waals surface area contributed by atoms with Gasteiger partial charge in [-0.25, -0.2) is 0 Å². The number of hydrogen-bond donors (Lipinski definition) is 0. The van der Waals surface area contributed by atoms with Crippen LogP contribution in [0, 0.1) is 0 Å². The molecule has 0 radical (unpaired) electrons. The zero-order chi connectivity index (χ0) is 50.7. The number of esters is 3. The van der Waals surface area contributed by atoms with Crippen LogP contribution in [0.1, 0.15) is 258 Å². The largest absolute Gasteiger partial charge is 0.462 e. The molecule has 0 aromatic heterocycles. The van der Waals surface area contributed by atoms with Crippen LogP contribution in [0.4, 0.5) is 0 Å². The average Bonchev–Trinajstić information content (AvgIpc) is 3.36. The van der Waals surface area contributed by atoms with Crippen LogP contribution in [0.25, 0.3) is 0 Å². The summed E-state index contributed by atoms with van der Waals surface area (Å²) in [5, 5.41) is 0. The lowest BCUT2D eigenvalue weighted by molar-refractivity contribution is -0.167. The zero-order valence-corrected chi connectivity index (χ0v) is 45.5. The van der Waals surface area contributed by atoms with E-state index in [1.807, 2.05) is 24.3 Å². The maximum atomic E-state index is 12.9. The number of allylic oxidation sites excluding steroid dienone is 18. The molecule has 0 saturated carbocycles. The van der Waals surface area contributed by atoms with E-state index in [0.717, 1.165) is 122 Å². The van der Waals surface area contributed by atoms with Crippen molar-refractivity contribution in [2.75, 3.05) is 13.2 Å². The molecule has 0 fully saturated rings. The number of carbonyl (C=O) groups is 3. The minimum Gasteiger partial charge on any atom is -0.462 e. The van der Waals surface area contributed by atoms with Crippen LogP contribution in [0.5, 0.6) is 0 Å². The zero-order valence-electron chi connectivity index (χ0n) is 45.5. The molecule has 0 aliphatic carbocycles. The Bertz CT molecular complexity index is 1440. The highest BCUT2D eigenvalue weighted by molar-refractivity contribution is 5.71. The first kappa shape index (κ1) is 66.1. The van der Waals surface area contributed by atoms with Crippen LogP contribution in [0.2, 0.25) is 0 Å². The summed E-state index contributed by atoms with van der Waals surface area (Å²) in [6.07, 6.45) is 77.8. The average molecular weight is 972 g/mol. The molecule has 6 nitrogen and oxygen atoms in total. The number of rotatable bonds is 51. The highest BCUT2D eigenvalue weighted by Gasteiger charge is 2.19. The molecular formula is C64H106O6. The van der Waals surface area contributed by atoms with Gasteiger partial charge in [0.2, 0.25) is 0 Å². The molecule has 1 atom stereocenters. The van der Waals surface area contributed by atoms with Crippen molar-refractivity contribution in [3.63, 3.8) is 0 Å². The van der Waals surface area contributed by atoms with Crippen LogP contribution in [0.3, 0.4) is 0 Å². The topological polar surface area (TPSA) is 78.9 Å². The highest BCUT2D eigenvalue weighted by atomic mass is 16.6. The quantitative estimate of drug-likeness (QED) is 0.0199. The summed E-state index contributed by atoms with van der Waals surface area (Å²) >= 11 is 0. The molecule has 1 unspecified atom stereocenters. The maximum absolute atomic E-state index is 12.9. The van der Waals surface area contributed by atoms with Gasteiger partial charge in [0.25, 0.3) is 0 Å². The van der Waals surface area contributed by atoms with E-state index in [-0.39, 0.29) is 31.1 Å². The third-order valence-corrected chi connectivity index (χ3v) is 12.1. The van der Waals surface area contributed by atoms with Gasteiger partial charge in [-0.2, -0.15) is 0 Å². The third-order valence-electron chi connectivity index (χ3n) is 12.1. The monoisotopic (exact) mass is 971 g/mol. The summed E-state index contributed by atoms with van der Waals surface area (Å²) in [4.78, 5) is 38.2. The van der Waals surface area contributed by atoms with E-state index in [4.69, 9.17) is 14.2 Å². The Kier molecular flexibility index (Phi) is 54.4. The van der Waals surface area contributed by atoms with Gasteiger partial charge in [0.15, 0.2) is 6.10 Å². The molecule has 0 spiro atoms. The second kappa shape index (κ2) is 57.6. The lowest BCUT2D eigenvalue weighted by Gasteiger charge is -2.18. The summed E-state index contributed by atoms with van der Waals surface area (Å²) < 4.78 is 16.8. The molecule has 0 rings (SSSR count). The SMILES string of the molecule is CCC\C=C/C=C\C=C/C=C\C=C/CCCCCCCC(=O)OCC(COC(=O)CCCCCCC/C=C\CCCCCCCCC)OC(=O)CCCCCCC\C=C/C=C\C=C/CCCCCCC. The fourth-order valence-corrected chi connectivity index (χ4v) is 7.76. The van der Waals surface area contributed by atoms with Crippen LogP contribution in [0.15, 0.2) is 109 Å².